The minimum absolute atomic E-state index is 0. The van der Waals surface area contributed by atoms with Gasteiger partial charge in [0.25, 0.3) is 0 Å². The van der Waals surface area contributed by atoms with Gasteiger partial charge in [-0.2, -0.15) is 0 Å². The fourth-order valence-corrected chi connectivity index (χ4v) is 3.50. The summed E-state index contributed by atoms with van der Waals surface area (Å²) in [5, 5.41) is 0. The Morgan fingerprint density at radius 3 is 1.36 bits per heavy atom. The largest absolute Gasteiger partial charge is 0.381 e. The fraction of sp³-hybridized carbons (Fsp3) is 1.00. The zero-order chi connectivity index (χ0) is 17.5. The summed E-state index contributed by atoms with van der Waals surface area (Å²) in [6.45, 7) is 18.2. The minimum atomic E-state index is 0. The summed E-state index contributed by atoms with van der Waals surface area (Å²) in [4.78, 5) is 0. The predicted octanol–water partition coefficient (Wildman–Crippen LogP) is 8.23. The average molecular weight is 357 g/mol. The molecular formula is C24H52O. The van der Waals surface area contributed by atoms with E-state index in [0.29, 0.717) is 0 Å². The average Bonchev–Trinajstić information content (AvgIpc) is 2.88. The first-order valence-corrected chi connectivity index (χ1v) is 10.3. The van der Waals surface area contributed by atoms with E-state index in [1.165, 1.54) is 44.9 Å². The highest BCUT2D eigenvalue weighted by Gasteiger charge is 2.34. The Kier molecular flexibility index (Phi) is 14.3. The SMILES string of the molecule is C.C.CC(C)C1(C)CCC1.CC(C)C1CCC1.CC(C)C1CCOC1. The van der Waals surface area contributed by atoms with E-state index in [9.17, 15) is 0 Å². The van der Waals surface area contributed by atoms with Crippen LogP contribution < -0.4 is 0 Å². The molecule has 3 rings (SSSR count). The van der Waals surface area contributed by atoms with Crippen molar-refractivity contribution in [2.45, 2.75) is 108 Å². The van der Waals surface area contributed by atoms with Crippen molar-refractivity contribution in [2.24, 2.45) is 35.0 Å². The van der Waals surface area contributed by atoms with Crippen LogP contribution >= 0.6 is 0 Å². The van der Waals surface area contributed by atoms with Crippen LogP contribution in [0, 0.1) is 35.0 Å². The standard InChI is InChI=1S/C8H16.C7H14O.C7H14.2CH4/c1-7(2)8(3)5-4-6-8;1-6(2)7-3-4-8-5-7;1-6(2)7-4-3-5-7;;/h7H,4-6H2,1-3H3;6-7H,3-5H2,1-2H3;6-7H,3-5H2,1-2H3;2*1H4. The van der Waals surface area contributed by atoms with Gasteiger partial charge >= 0.3 is 0 Å². The van der Waals surface area contributed by atoms with Crippen LogP contribution in [-0.4, -0.2) is 13.2 Å². The summed E-state index contributed by atoms with van der Waals surface area (Å²) in [5.41, 5.74) is 0.722. The van der Waals surface area contributed by atoms with E-state index in [4.69, 9.17) is 4.74 Å². The molecule has 1 atom stereocenters. The molecule has 1 aliphatic heterocycles. The van der Waals surface area contributed by atoms with E-state index in [1.54, 1.807) is 0 Å². The van der Waals surface area contributed by atoms with Crippen molar-refractivity contribution in [3.05, 3.63) is 0 Å². The van der Waals surface area contributed by atoms with Gasteiger partial charge in [0.05, 0.1) is 0 Å². The van der Waals surface area contributed by atoms with Gasteiger partial charge in [-0.3, -0.25) is 0 Å². The zero-order valence-electron chi connectivity index (χ0n) is 17.2. The predicted molar refractivity (Wildman–Crippen MR) is 116 cm³/mol. The number of rotatable bonds is 3. The Morgan fingerprint density at radius 1 is 0.760 bits per heavy atom. The van der Waals surface area contributed by atoms with Crippen LogP contribution in [0.4, 0.5) is 0 Å². The quantitative estimate of drug-likeness (QED) is 0.495. The van der Waals surface area contributed by atoms with Gasteiger partial charge < -0.3 is 4.74 Å². The molecule has 0 radical (unpaired) electrons. The molecule has 1 heterocycles. The highest BCUT2D eigenvalue weighted by Crippen LogP contribution is 2.46. The number of hydrogen-bond donors (Lipinski definition) is 0. The molecule has 1 saturated heterocycles. The van der Waals surface area contributed by atoms with Crippen LogP contribution in [0.15, 0.2) is 0 Å². The molecule has 1 heteroatoms. The maximum atomic E-state index is 5.22. The van der Waals surface area contributed by atoms with Gasteiger partial charge in [-0.1, -0.05) is 89.0 Å². The number of ether oxygens (including phenoxy) is 1. The Morgan fingerprint density at radius 2 is 1.28 bits per heavy atom. The highest BCUT2D eigenvalue weighted by atomic mass is 16.5. The van der Waals surface area contributed by atoms with Gasteiger partial charge in [-0.25, -0.2) is 0 Å². The monoisotopic (exact) mass is 356 g/mol. The lowest BCUT2D eigenvalue weighted by Gasteiger charge is -2.42. The van der Waals surface area contributed by atoms with Crippen LogP contribution in [0.2, 0.25) is 0 Å². The molecule has 0 aromatic carbocycles. The second-order valence-corrected chi connectivity index (χ2v) is 9.46. The van der Waals surface area contributed by atoms with E-state index in [0.717, 1.165) is 48.2 Å². The van der Waals surface area contributed by atoms with E-state index in [-0.39, 0.29) is 14.9 Å². The molecule has 0 aromatic heterocycles. The van der Waals surface area contributed by atoms with Gasteiger partial charge in [0.1, 0.15) is 0 Å². The second-order valence-electron chi connectivity index (χ2n) is 9.46. The van der Waals surface area contributed by atoms with Crippen LogP contribution in [0.1, 0.15) is 108 Å². The van der Waals surface area contributed by atoms with E-state index < -0.39 is 0 Å². The van der Waals surface area contributed by atoms with E-state index in [2.05, 4.69) is 48.5 Å². The van der Waals surface area contributed by atoms with Gasteiger partial charge in [-0.05, 0) is 54.3 Å². The van der Waals surface area contributed by atoms with Gasteiger partial charge in [0.2, 0.25) is 0 Å². The van der Waals surface area contributed by atoms with Crippen LogP contribution in [0.25, 0.3) is 0 Å². The van der Waals surface area contributed by atoms with Crippen molar-refractivity contribution in [3.8, 4) is 0 Å². The highest BCUT2D eigenvalue weighted by molar-refractivity contribution is 4.85. The summed E-state index contributed by atoms with van der Waals surface area (Å²) >= 11 is 0. The van der Waals surface area contributed by atoms with Crippen molar-refractivity contribution in [1.29, 1.82) is 0 Å². The zero-order valence-corrected chi connectivity index (χ0v) is 17.2. The van der Waals surface area contributed by atoms with E-state index >= 15 is 0 Å². The van der Waals surface area contributed by atoms with E-state index in [1.807, 2.05) is 0 Å². The molecule has 2 saturated carbocycles. The summed E-state index contributed by atoms with van der Waals surface area (Å²) in [6, 6.07) is 0. The smallest absolute Gasteiger partial charge is 0.0497 e. The van der Waals surface area contributed by atoms with Gasteiger partial charge in [0.15, 0.2) is 0 Å². The molecule has 2 aliphatic carbocycles. The Labute approximate surface area is 161 Å². The number of hydrogen-bond acceptors (Lipinski definition) is 1. The lowest BCUT2D eigenvalue weighted by Crippen LogP contribution is -2.30. The fourth-order valence-electron chi connectivity index (χ4n) is 3.50. The van der Waals surface area contributed by atoms with Crippen LogP contribution in [0.5, 0.6) is 0 Å². The van der Waals surface area contributed by atoms with Crippen LogP contribution in [-0.2, 0) is 4.74 Å². The molecule has 0 amide bonds. The van der Waals surface area contributed by atoms with Gasteiger partial charge in [0, 0.05) is 13.2 Å². The van der Waals surface area contributed by atoms with Crippen molar-refractivity contribution >= 4 is 0 Å². The third kappa shape index (κ3) is 9.45. The maximum absolute atomic E-state index is 5.22. The van der Waals surface area contributed by atoms with Gasteiger partial charge in [-0.15, -0.1) is 0 Å². The first-order valence-electron chi connectivity index (χ1n) is 10.3. The third-order valence-corrected chi connectivity index (χ3v) is 6.89. The lowest BCUT2D eigenvalue weighted by molar-refractivity contribution is 0.0934. The van der Waals surface area contributed by atoms with Crippen molar-refractivity contribution < 1.29 is 4.74 Å². The molecule has 0 bridgehead atoms. The molecular weight excluding hydrogens is 304 g/mol. The molecule has 3 fully saturated rings. The molecule has 0 N–H and O–H groups in total. The molecule has 3 aliphatic rings. The molecule has 25 heavy (non-hydrogen) atoms. The van der Waals surface area contributed by atoms with Crippen molar-refractivity contribution in [3.63, 3.8) is 0 Å². The first-order chi connectivity index (χ1) is 10.8. The second kappa shape index (κ2) is 13.2. The van der Waals surface area contributed by atoms with Crippen LogP contribution in [0.3, 0.4) is 0 Å². The van der Waals surface area contributed by atoms with Crippen molar-refractivity contribution in [2.75, 3.05) is 13.2 Å². The lowest BCUT2D eigenvalue weighted by atomic mass is 9.64. The molecule has 1 unspecified atom stereocenters. The third-order valence-electron chi connectivity index (χ3n) is 6.89. The maximum Gasteiger partial charge on any atom is 0.0497 e. The summed E-state index contributed by atoms with van der Waals surface area (Å²) in [6.07, 6.45) is 10.2. The first kappa shape index (κ1) is 27.2. The van der Waals surface area contributed by atoms with Crippen molar-refractivity contribution in [1.82, 2.24) is 0 Å². The topological polar surface area (TPSA) is 9.23 Å². The molecule has 0 aromatic rings. The minimum Gasteiger partial charge on any atom is -0.381 e. The summed E-state index contributed by atoms with van der Waals surface area (Å²) < 4.78 is 5.22. The Bertz CT molecular complexity index is 291. The Hall–Kier alpha value is -0.0400. The molecule has 154 valence electrons. The Balaban J connectivity index is 0. The summed E-state index contributed by atoms with van der Waals surface area (Å²) in [5.74, 6) is 4.59. The molecule has 0 spiro atoms. The summed E-state index contributed by atoms with van der Waals surface area (Å²) in [7, 11) is 0. The molecule has 1 nitrogen and oxygen atoms in total. The normalized spacial score (nSPS) is 24.0.